The number of hydrogen-bond acceptors (Lipinski definition) is 9. The molecule has 0 amide bonds. The molecule has 0 spiro atoms. The first-order chi connectivity index (χ1) is 29.1. The highest BCUT2D eigenvalue weighted by Gasteiger charge is 2.28. The van der Waals surface area contributed by atoms with Gasteiger partial charge in [0.2, 0.25) is 0 Å². The van der Waals surface area contributed by atoms with Crippen LogP contribution in [0.25, 0.3) is 0 Å². The second-order valence-corrected chi connectivity index (χ2v) is 17.0. The molecule has 11 nitrogen and oxygen atoms in total. The Morgan fingerprint density at radius 1 is 0.517 bits per heavy atom. The summed E-state index contributed by atoms with van der Waals surface area (Å²) in [5, 5.41) is 8.90. The number of carbonyl (C=O) groups excluding carboxylic acids is 2. The summed E-state index contributed by atoms with van der Waals surface area (Å²) in [4.78, 5) is 46.0. The predicted octanol–water partition coefficient (Wildman–Crippen LogP) is 12.7. The van der Waals surface area contributed by atoms with Crippen molar-refractivity contribution in [1.29, 1.82) is 0 Å². The molecular weight excluding hydrogens is 781 g/mol. The minimum absolute atomic E-state index is 0.0826. The summed E-state index contributed by atoms with van der Waals surface area (Å²) >= 11 is 0. The molecule has 1 unspecified atom stereocenters. The molecule has 0 saturated carbocycles. The van der Waals surface area contributed by atoms with Crippen LogP contribution in [0.4, 0.5) is 0 Å². The van der Waals surface area contributed by atoms with Gasteiger partial charge in [0.1, 0.15) is 12.6 Å². The highest BCUT2D eigenvalue weighted by atomic mass is 31.2. The van der Waals surface area contributed by atoms with E-state index in [1.807, 2.05) is 12.2 Å². The number of carboxylic acids is 1. The van der Waals surface area contributed by atoms with E-state index >= 15 is 0 Å². The van der Waals surface area contributed by atoms with Gasteiger partial charge < -0.3 is 25.2 Å². The molecule has 0 aliphatic carbocycles. The first kappa shape index (κ1) is 57.2. The van der Waals surface area contributed by atoms with Gasteiger partial charge in [0.05, 0.1) is 13.2 Å². The fraction of sp³-hybridized carbons (Fsp3) is 0.729. The van der Waals surface area contributed by atoms with Crippen molar-refractivity contribution in [3.8, 4) is 0 Å². The largest absolute Gasteiger partial charge is 0.480 e. The van der Waals surface area contributed by atoms with Crippen molar-refractivity contribution in [2.24, 2.45) is 5.73 Å². The fourth-order valence-corrected chi connectivity index (χ4v) is 6.83. The molecule has 0 bridgehead atoms. The maximum Gasteiger partial charge on any atom is 0.472 e. The van der Waals surface area contributed by atoms with Crippen molar-refractivity contribution in [3.05, 3.63) is 60.8 Å². The van der Waals surface area contributed by atoms with E-state index in [2.05, 4.69) is 67.0 Å². The molecule has 60 heavy (non-hydrogen) atoms. The van der Waals surface area contributed by atoms with E-state index in [4.69, 9.17) is 24.8 Å². The molecular formula is C48H84NO10P. The molecule has 0 fully saturated rings. The molecule has 346 valence electrons. The van der Waals surface area contributed by atoms with Crippen LogP contribution in [0.5, 0.6) is 0 Å². The molecule has 0 aromatic carbocycles. The SMILES string of the molecule is CCCCC/C=C\C/C=C\C/C=C\C/C=C\CCCC(=O)O[C@H](COC(=O)CCCCCCCCC/C=C\CCCCCCCCCC)COP(=O)(O)OC[C@H](N)C(=O)O. The Morgan fingerprint density at radius 2 is 0.900 bits per heavy atom. The Hall–Kier alpha value is -2.82. The Bertz CT molecular complexity index is 1250. The maximum atomic E-state index is 12.6. The minimum Gasteiger partial charge on any atom is -0.480 e. The molecule has 4 N–H and O–H groups in total. The number of aliphatic carboxylic acids is 1. The second kappa shape index (κ2) is 42.9. The summed E-state index contributed by atoms with van der Waals surface area (Å²) in [6, 6.07) is -1.53. The number of phosphoric acid groups is 1. The van der Waals surface area contributed by atoms with Gasteiger partial charge >= 0.3 is 25.7 Å². The second-order valence-electron chi connectivity index (χ2n) is 15.5. The molecule has 0 heterocycles. The summed E-state index contributed by atoms with van der Waals surface area (Å²) in [7, 11) is -4.74. The van der Waals surface area contributed by atoms with Crippen molar-refractivity contribution in [1.82, 2.24) is 0 Å². The standard InChI is InChI=1S/C48H84NO10P/c1-3-5-7-9-11-13-15-17-19-21-22-24-25-27-29-31-33-35-37-39-46(50)56-41-44(42-57-60(54,55)58-43-45(49)48(52)53)59-47(51)40-38-36-34-32-30-28-26-23-20-18-16-14-12-10-8-6-4-2/h12,14,18,20-22,26,28,32,34,44-45H,3-11,13,15-17,19,23-25,27,29-31,33,35-43,49H2,1-2H3,(H,52,53)(H,54,55)/b14-12-,20-18-,22-21-,28-26-,34-32-/t44-,45+/m1/s1. The van der Waals surface area contributed by atoms with E-state index in [0.717, 1.165) is 51.4 Å². The Labute approximate surface area is 364 Å². The normalized spacial score (nSPS) is 14.2. The van der Waals surface area contributed by atoms with Gasteiger partial charge in [-0.15, -0.1) is 0 Å². The van der Waals surface area contributed by atoms with Crippen LogP contribution in [-0.2, 0) is 37.5 Å². The zero-order chi connectivity index (χ0) is 44.2. The average Bonchev–Trinajstić information content (AvgIpc) is 3.22. The Kier molecular flexibility index (Phi) is 40.8. The van der Waals surface area contributed by atoms with Gasteiger partial charge in [-0.1, -0.05) is 164 Å². The van der Waals surface area contributed by atoms with Crippen molar-refractivity contribution < 1.29 is 47.5 Å². The zero-order valence-corrected chi connectivity index (χ0v) is 38.4. The number of ether oxygens (including phenoxy) is 2. The summed E-state index contributed by atoms with van der Waals surface area (Å²) in [6.07, 6.45) is 50.0. The lowest BCUT2D eigenvalue weighted by atomic mass is 10.1. The predicted molar refractivity (Wildman–Crippen MR) is 245 cm³/mol. The third kappa shape index (κ3) is 41.9. The van der Waals surface area contributed by atoms with Crippen LogP contribution in [0.15, 0.2) is 60.8 Å². The number of rotatable bonds is 43. The minimum atomic E-state index is -4.74. The number of esters is 2. The first-order valence-corrected chi connectivity index (χ1v) is 24.8. The van der Waals surface area contributed by atoms with Crippen LogP contribution in [0.3, 0.4) is 0 Å². The third-order valence-corrected chi connectivity index (χ3v) is 10.7. The molecule has 3 atom stereocenters. The first-order valence-electron chi connectivity index (χ1n) is 23.3. The number of unbranched alkanes of at least 4 members (excludes halogenated alkanes) is 19. The van der Waals surface area contributed by atoms with Crippen LogP contribution in [-0.4, -0.2) is 59.9 Å². The monoisotopic (exact) mass is 866 g/mol. The van der Waals surface area contributed by atoms with E-state index in [1.165, 1.54) is 96.3 Å². The van der Waals surface area contributed by atoms with Crippen molar-refractivity contribution in [3.63, 3.8) is 0 Å². The van der Waals surface area contributed by atoms with Gasteiger partial charge in [-0.3, -0.25) is 23.4 Å². The van der Waals surface area contributed by atoms with Crippen molar-refractivity contribution >= 4 is 25.7 Å². The highest BCUT2D eigenvalue weighted by Crippen LogP contribution is 2.43. The fourth-order valence-electron chi connectivity index (χ4n) is 6.05. The molecule has 0 rings (SSSR count). The Morgan fingerprint density at radius 3 is 1.42 bits per heavy atom. The summed E-state index contributed by atoms with van der Waals surface area (Å²) in [5.41, 5.74) is 5.33. The van der Waals surface area contributed by atoms with Gasteiger partial charge in [0.25, 0.3) is 0 Å². The summed E-state index contributed by atoms with van der Waals surface area (Å²) in [5.74, 6) is -2.46. The zero-order valence-electron chi connectivity index (χ0n) is 37.5. The maximum absolute atomic E-state index is 12.6. The molecule has 0 saturated heterocycles. The molecule has 0 radical (unpaired) electrons. The van der Waals surface area contributed by atoms with Gasteiger partial charge in [0, 0.05) is 12.8 Å². The number of allylic oxidation sites excluding steroid dienone is 10. The van der Waals surface area contributed by atoms with E-state index < -0.39 is 51.1 Å². The van der Waals surface area contributed by atoms with E-state index in [-0.39, 0.29) is 19.4 Å². The van der Waals surface area contributed by atoms with Crippen LogP contribution in [0.2, 0.25) is 0 Å². The average molecular weight is 866 g/mol. The summed E-state index contributed by atoms with van der Waals surface area (Å²) in [6.45, 7) is 2.72. The number of nitrogens with two attached hydrogens (primary N) is 1. The number of phosphoric ester groups is 1. The van der Waals surface area contributed by atoms with Crippen LogP contribution in [0.1, 0.15) is 194 Å². The quantitative estimate of drug-likeness (QED) is 0.0230. The van der Waals surface area contributed by atoms with Crippen LogP contribution >= 0.6 is 7.82 Å². The summed E-state index contributed by atoms with van der Waals surface area (Å²) < 4.78 is 32.7. The Balaban J connectivity index is 4.41. The molecule has 0 aliphatic rings. The van der Waals surface area contributed by atoms with Gasteiger partial charge in [-0.05, 0) is 77.0 Å². The molecule has 0 aromatic rings. The van der Waals surface area contributed by atoms with Crippen LogP contribution < -0.4 is 5.73 Å². The topological polar surface area (TPSA) is 172 Å². The number of carboxylic acid groups (broad SMARTS) is 1. The molecule has 0 aromatic heterocycles. The van der Waals surface area contributed by atoms with Crippen molar-refractivity contribution in [2.45, 2.75) is 206 Å². The van der Waals surface area contributed by atoms with Crippen LogP contribution in [0, 0.1) is 0 Å². The lowest BCUT2D eigenvalue weighted by Gasteiger charge is -2.20. The highest BCUT2D eigenvalue weighted by molar-refractivity contribution is 7.47. The lowest BCUT2D eigenvalue weighted by Crippen LogP contribution is -2.34. The van der Waals surface area contributed by atoms with E-state index in [1.54, 1.807) is 0 Å². The van der Waals surface area contributed by atoms with Gasteiger partial charge in [0.15, 0.2) is 6.10 Å². The van der Waals surface area contributed by atoms with E-state index in [0.29, 0.717) is 19.3 Å². The third-order valence-electron chi connectivity index (χ3n) is 9.74. The number of carbonyl (C=O) groups is 3. The smallest absolute Gasteiger partial charge is 0.472 e. The van der Waals surface area contributed by atoms with Crippen molar-refractivity contribution in [2.75, 3.05) is 19.8 Å². The molecule has 0 aliphatic heterocycles. The van der Waals surface area contributed by atoms with Gasteiger partial charge in [-0.25, -0.2) is 4.57 Å². The number of hydrogen-bond donors (Lipinski definition) is 3. The molecule has 12 heteroatoms. The van der Waals surface area contributed by atoms with Gasteiger partial charge in [-0.2, -0.15) is 0 Å². The lowest BCUT2D eigenvalue weighted by molar-refractivity contribution is -0.161. The van der Waals surface area contributed by atoms with E-state index in [9.17, 15) is 23.8 Å².